The molecule has 0 radical (unpaired) electrons. The zero-order valence-corrected chi connectivity index (χ0v) is 21.2. The Balaban J connectivity index is 1.72. The van der Waals surface area contributed by atoms with Crippen LogP contribution in [0.15, 0.2) is 89.4 Å². The number of hydrogen-bond donors (Lipinski definition) is 0. The SMILES string of the molecule is COC1=CC(=CC2=C(C)C(C(C)C(=O)N(C)Cc3ccccc3)c3cc(F)ccc32)C=C(OC)C1=O. The van der Waals surface area contributed by atoms with Crippen LogP contribution >= 0.6 is 0 Å². The Morgan fingerprint density at radius 3 is 2.33 bits per heavy atom. The monoisotopic (exact) mass is 487 g/mol. The normalized spacial score (nSPS) is 17.8. The molecule has 0 saturated carbocycles. The van der Waals surface area contributed by atoms with Gasteiger partial charge < -0.3 is 14.4 Å². The van der Waals surface area contributed by atoms with Crippen LogP contribution in [0.1, 0.15) is 36.5 Å². The van der Waals surface area contributed by atoms with Crippen molar-refractivity contribution in [2.75, 3.05) is 21.3 Å². The number of hydrogen-bond acceptors (Lipinski definition) is 4. The fraction of sp³-hybridized carbons (Fsp3) is 0.267. The molecule has 0 saturated heterocycles. The van der Waals surface area contributed by atoms with Gasteiger partial charge in [-0.25, -0.2) is 4.39 Å². The summed E-state index contributed by atoms with van der Waals surface area (Å²) in [6.07, 6.45) is 5.25. The van der Waals surface area contributed by atoms with Crippen molar-refractivity contribution in [1.29, 1.82) is 0 Å². The van der Waals surface area contributed by atoms with Crippen LogP contribution in [0.3, 0.4) is 0 Å². The van der Waals surface area contributed by atoms with Crippen molar-refractivity contribution in [3.63, 3.8) is 0 Å². The standard InChI is InChI=1S/C30H30FNO4/c1-18-24(13-21-14-26(35-4)29(33)27(15-21)36-5)23-12-11-22(31)16-25(23)28(18)19(2)30(34)32(3)17-20-9-7-6-8-10-20/h6-16,19,28H,17H2,1-5H3. The lowest BCUT2D eigenvalue weighted by molar-refractivity contribution is -0.134. The van der Waals surface area contributed by atoms with Gasteiger partial charge in [-0.1, -0.05) is 48.9 Å². The summed E-state index contributed by atoms with van der Waals surface area (Å²) >= 11 is 0. The van der Waals surface area contributed by atoms with Gasteiger partial charge in [0.2, 0.25) is 5.91 Å². The minimum atomic E-state index is -0.404. The van der Waals surface area contributed by atoms with E-state index in [0.717, 1.165) is 27.8 Å². The smallest absolute Gasteiger partial charge is 0.261 e. The molecule has 2 aliphatic carbocycles. The fourth-order valence-electron chi connectivity index (χ4n) is 5.06. The molecule has 2 aromatic rings. The van der Waals surface area contributed by atoms with Gasteiger partial charge in [0.15, 0.2) is 11.5 Å². The second kappa shape index (κ2) is 10.4. The molecule has 0 fully saturated rings. The van der Waals surface area contributed by atoms with Crippen LogP contribution in [0.25, 0.3) is 5.57 Å². The molecule has 4 rings (SSSR count). The lowest BCUT2D eigenvalue weighted by atomic mass is 9.84. The average Bonchev–Trinajstić information content (AvgIpc) is 3.14. The van der Waals surface area contributed by atoms with Crippen molar-refractivity contribution in [3.05, 3.63) is 112 Å². The zero-order chi connectivity index (χ0) is 26.0. The molecule has 0 heterocycles. The third-order valence-corrected chi connectivity index (χ3v) is 6.85. The Labute approximate surface area is 211 Å². The van der Waals surface area contributed by atoms with Crippen LogP contribution in [-0.2, 0) is 25.6 Å². The quantitative estimate of drug-likeness (QED) is 0.513. The largest absolute Gasteiger partial charge is 0.492 e. The minimum absolute atomic E-state index is 0.0151. The highest BCUT2D eigenvalue weighted by molar-refractivity contribution is 6.07. The number of nitrogens with zero attached hydrogens (tertiary/aromatic N) is 1. The number of benzene rings is 2. The molecule has 2 aromatic carbocycles. The number of ketones is 1. The molecule has 0 N–H and O–H groups in total. The predicted molar refractivity (Wildman–Crippen MR) is 137 cm³/mol. The van der Waals surface area contributed by atoms with Gasteiger partial charge in [0.1, 0.15) is 5.82 Å². The number of Topliss-reactive ketones (excluding diaryl/α,β-unsaturated/α-hetero) is 1. The zero-order valence-electron chi connectivity index (χ0n) is 21.2. The molecule has 0 bridgehead atoms. The van der Waals surface area contributed by atoms with Crippen LogP contribution in [-0.4, -0.2) is 37.9 Å². The number of allylic oxidation sites excluding steroid dienone is 6. The number of carbonyl (C=O) groups excluding carboxylic acids is 2. The summed E-state index contributed by atoms with van der Waals surface area (Å²) in [5.41, 5.74) is 5.27. The number of rotatable bonds is 7. The van der Waals surface area contributed by atoms with Crippen molar-refractivity contribution in [1.82, 2.24) is 4.90 Å². The number of carbonyl (C=O) groups is 2. The Morgan fingerprint density at radius 1 is 1.08 bits per heavy atom. The Morgan fingerprint density at radius 2 is 1.72 bits per heavy atom. The summed E-state index contributed by atoms with van der Waals surface area (Å²) in [6, 6.07) is 14.5. The van der Waals surface area contributed by atoms with Gasteiger partial charge in [-0.05, 0) is 65.1 Å². The molecule has 2 atom stereocenters. The molecule has 0 spiro atoms. The molecular weight excluding hydrogens is 457 g/mol. The molecule has 186 valence electrons. The Bertz CT molecular complexity index is 1290. The lowest BCUT2D eigenvalue weighted by Crippen LogP contribution is -2.34. The van der Waals surface area contributed by atoms with Crippen LogP contribution in [0.5, 0.6) is 0 Å². The molecule has 6 heteroatoms. The van der Waals surface area contributed by atoms with Crippen molar-refractivity contribution in [3.8, 4) is 0 Å². The molecule has 0 aliphatic heterocycles. The predicted octanol–water partition coefficient (Wildman–Crippen LogP) is 5.56. The van der Waals surface area contributed by atoms with Gasteiger partial charge in [0.05, 0.1) is 14.2 Å². The lowest BCUT2D eigenvalue weighted by Gasteiger charge is -2.27. The highest BCUT2D eigenvalue weighted by Gasteiger charge is 2.36. The van der Waals surface area contributed by atoms with E-state index in [-0.39, 0.29) is 34.9 Å². The third kappa shape index (κ3) is 4.76. The first-order valence-electron chi connectivity index (χ1n) is 11.8. The first-order chi connectivity index (χ1) is 17.2. The molecule has 2 aliphatic rings. The highest BCUT2D eigenvalue weighted by atomic mass is 19.1. The van der Waals surface area contributed by atoms with Gasteiger partial charge in [-0.15, -0.1) is 0 Å². The van der Waals surface area contributed by atoms with Crippen LogP contribution in [0.2, 0.25) is 0 Å². The van der Waals surface area contributed by atoms with E-state index in [2.05, 4.69) is 0 Å². The van der Waals surface area contributed by atoms with Gasteiger partial charge >= 0.3 is 0 Å². The molecule has 1 amide bonds. The first-order valence-corrected chi connectivity index (χ1v) is 11.8. The third-order valence-electron chi connectivity index (χ3n) is 6.85. The van der Waals surface area contributed by atoms with Gasteiger partial charge in [-0.3, -0.25) is 9.59 Å². The maximum atomic E-state index is 14.4. The fourth-order valence-corrected chi connectivity index (χ4v) is 5.06. The number of ether oxygens (including phenoxy) is 2. The second-order valence-corrected chi connectivity index (χ2v) is 9.17. The summed E-state index contributed by atoms with van der Waals surface area (Å²) in [7, 11) is 4.67. The maximum absolute atomic E-state index is 14.4. The van der Waals surface area contributed by atoms with E-state index in [1.165, 1.54) is 26.4 Å². The first kappa shape index (κ1) is 25.2. The Hall–Kier alpha value is -3.93. The summed E-state index contributed by atoms with van der Waals surface area (Å²) in [6.45, 7) is 4.37. The van der Waals surface area contributed by atoms with Crippen molar-refractivity contribution < 1.29 is 23.5 Å². The molecular formula is C30H30FNO4. The molecule has 36 heavy (non-hydrogen) atoms. The maximum Gasteiger partial charge on any atom is 0.261 e. The minimum Gasteiger partial charge on any atom is -0.492 e. The average molecular weight is 488 g/mol. The number of amides is 1. The van der Waals surface area contributed by atoms with E-state index in [1.54, 1.807) is 30.2 Å². The van der Waals surface area contributed by atoms with E-state index in [9.17, 15) is 14.0 Å². The number of fused-ring (bicyclic) bond motifs is 1. The summed E-state index contributed by atoms with van der Waals surface area (Å²) in [4.78, 5) is 27.6. The van der Waals surface area contributed by atoms with Crippen molar-refractivity contribution in [2.45, 2.75) is 26.3 Å². The van der Waals surface area contributed by atoms with E-state index >= 15 is 0 Å². The summed E-state index contributed by atoms with van der Waals surface area (Å²) in [5, 5.41) is 0. The van der Waals surface area contributed by atoms with E-state index in [4.69, 9.17) is 9.47 Å². The second-order valence-electron chi connectivity index (χ2n) is 9.17. The van der Waals surface area contributed by atoms with Crippen molar-refractivity contribution in [2.24, 2.45) is 5.92 Å². The number of methoxy groups -OCH3 is 2. The van der Waals surface area contributed by atoms with Crippen LogP contribution in [0, 0.1) is 11.7 Å². The molecule has 0 aromatic heterocycles. The summed E-state index contributed by atoms with van der Waals surface area (Å²) in [5.74, 6) is -1.01. The number of halogens is 1. The topological polar surface area (TPSA) is 55.8 Å². The van der Waals surface area contributed by atoms with E-state index in [1.807, 2.05) is 50.3 Å². The van der Waals surface area contributed by atoms with E-state index in [0.29, 0.717) is 12.1 Å². The molecule has 2 unspecified atom stereocenters. The Kier molecular flexibility index (Phi) is 7.25. The summed E-state index contributed by atoms with van der Waals surface area (Å²) < 4.78 is 24.9. The van der Waals surface area contributed by atoms with Crippen molar-refractivity contribution >= 4 is 17.3 Å². The van der Waals surface area contributed by atoms with Crippen LogP contribution < -0.4 is 0 Å². The van der Waals surface area contributed by atoms with Gasteiger partial charge in [-0.2, -0.15) is 0 Å². The van der Waals surface area contributed by atoms with Gasteiger partial charge in [0, 0.05) is 25.4 Å². The van der Waals surface area contributed by atoms with Gasteiger partial charge in [0.25, 0.3) is 5.78 Å². The highest BCUT2D eigenvalue weighted by Crippen LogP contribution is 2.47. The molecule has 5 nitrogen and oxygen atoms in total. The van der Waals surface area contributed by atoms with Crippen LogP contribution in [0.4, 0.5) is 4.39 Å². The van der Waals surface area contributed by atoms with E-state index < -0.39 is 5.92 Å².